The predicted molar refractivity (Wildman–Crippen MR) is 87.9 cm³/mol. The summed E-state index contributed by atoms with van der Waals surface area (Å²) in [6.07, 6.45) is 0.919. The Hall–Kier alpha value is -1.35. The van der Waals surface area contributed by atoms with E-state index >= 15 is 0 Å². The van der Waals surface area contributed by atoms with Crippen molar-refractivity contribution < 1.29 is 9.53 Å². The van der Waals surface area contributed by atoms with Crippen molar-refractivity contribution >= 4 is 5.78 Å². The second kappa shape index (κ2) is 8.18. The van der Waals surface area contributed by atoms with Crippen molar-refractivity contribution in [3.63, 3.8) is 0 Å². The fourth-order valence-electron chi connectivity index (χ4n) is 2.63. The molecule has 0 fully saturated rings. The van der Waals surface area contributed by atoms with Crippen LogP contribution in [0.5, 0.6) is 5.75 Å². The molecule has 1 rings (SSSR count). The van der Waals surface area contributed by atoms with E-state index in [2.05, 4.69) is 37.8 Å². The fourth-order valence-corrected chi connectivity index (χ4v) is 2.63. The first kappa shape index (κ1) is 17.7. The largest absolute Gasteiger partial charge is 0.497 e. The van der Waals surface area contributed by atoms with E-state index in [1.165, 1.54) is 11.1 Å². The van der Waals surface area contributed by atoms with Crippen molar-refractivity contribution in [2.45, 2.75) is 47.1 Å². The number of ketones is 1. The molecule has 1 aromatic carbocycles. The zero-order chi connectivity index (χ0) is 16.0. The van der Waals surface area contributed by atoms with Crippen LogP contribution in [0, 0.1) is 12.8 Å². The zero-order valence-corrected chi connectivity index (χ0v) is 14.3. The number of hydrogen-bond acceptors (Lipinski definition) is 3. The number of nitrogens with zero attached hydrogens (tertiary/aromatic N) is 1. The highest BCUT2D eigenvalue weighted by Gasteiger charge is 2.18. The van der Waals surface area contributed by atoms with Crippen LogP contribution in [0.1, 0.15) is 51.3 Å². The summed E-state index contributed by atoms with van der Waals surface area (Å²) in [6.45, 7) is 12.2. The van der Waals surface area contributed by atoms with Crippen LogP contribution in [0.25, 0.3) is 0 Å². The first-order valence-corrected chi connectivity index (χ1v) is 7.79. The van der Waals surface area contributed by atoms with Crippen LogP contribution in [-0.4, -0.2) is 30.9 Å². The van der Waals surface area contributed by atoms with Gasteiger partial charge < -0.3 is 4.74 Å². The van der Waals surface area contributed by atoms with Gasteiger partial charge in [0.25, 0.3) is 0 Å². The molecule has 0 heterocycles. The third kappa shape index (κ3) is 4.85. The van der Waals surface area contributed by atoms with Crippen molar-refractivity contribution in [2.24, 2.45) is 5.92 Å². The molecule has 0 bridgehead atoms. The smallest absolute Gasteiger partial charge is 0.132 e. The Labute approximate surface area is 129 Å². The summed E-state index contributed by atoms with van der Waals surface area (Å²) in [4.78, 5) is 13.8. The van der Waals surface area contributed by atoms with E-state index in [0.29, 0.717) is 6.04 Å². The quantitative estimate of drug-likeness (QED) is 0.725. The number of benzene rings is 1. The van der Waals surface area contributed by atoms with Gasteiger partial charge in [0.05, 0.1) is 7.11 Å². The van der Waals surface area contributed by atoms with Gasteiger partial charge in [-0.05, 0) is 63.5 Å². The van der Waals surface area contributed by atoms with Crippen molar-refractivity contribution in [1.29, 1.82) is 0 Å². The molecule has 118 valence electrons. The molecule has 0 spiro atoms. The topological polar surface area (TPSA) is 29.5 Å². The van der Waals surface area contributed by atoms with Crippen LogP contribution in [-0.2, 0) is 4.79 Å². The van der Waals surface area contributed by atoms with Crippen LogP contribution >= 0.6 is 0 Å². The highest BCUT2D eigenvalue weighted by molar-refractivity contribution is 5.77. The lowest BCUT2D eigenvalue weighted by atomic mass is 9.99. The number of carbonyl (C=O) groups is 1. The number of ether oxygens (including phenoxy) is 1. The number of methoxy groups -OCH3 is 1. The molecule has 0 aliphatic carbocycles. The lowest BCUT2D eigenvalue weighted by molar-refractivity contribution is -0.120. The highest BCUT2D eigenvalue weighted by atomic mass is 16.5. The Morgan fingerprint density at radius 2 is 2.00 bits per heavy atom. The summed E-state index contributed by atoms with van der Waals surface area (Å²) in [7, 11) is 1.69. The number of carbonyl (C=O) groups excluding carboxylic acids is 1. The van der Waals surface area contributed by atoms with E-state index in [0.717, 1.165) is 25.3 Å². The van der Waals surface area contributed by atoms with Crippen LogP contribution < -0.4 is 4.74 Å². The minimum absolute atomic E-state index is 0.142. The standard InChI is InChI=1S/C18H29NO2/c1-7-19(11-10-13(2)16(5)20)15(4)18-9-8-17(21-6)12-14(18)3/h8-9,12-13,15H,7,10-11H2,1-6H3. The van der Waals surface area contributed by atoms with Gasteiger partial charge in [0, 0.05) is 12.0 Å². The molecule has 2 unspecified atom stereocenters. The average Bonchev–Trinajstić information content (AvgIpc) is 2.46. The third-order valence-electron chi connectivity index (χ3n) is 4.42. The van der Waals surface area contributed by atoms with E-state index in [4.69, 9.17) is 4.74 Å². The fraction of sp³-hybridized carbons (Fsp3) is 0.611. The first-order valence-electron chi connectivity index (χ1n) is 7.79. The van der Waals surface area contributed by atoms with Gasteiger partial charge in [0.15, 0.2) is 0 Å². The predicted octanol–water partition coefficient (Wildman–Crippen LogP) is 4.00. The van der Waals surface area contributed by atoms with Gasteiger partial charge in [-0.1, -0.05) is 19.9 Å². The normalized spacial score (nSPS) is 14.0. The van der Waals surface area contributed by atoms with Gasteiger partial charge in [-0.2, -0.15) is 0 Å². The monoisotopic (exact) mass is 291 g/mol. The van der Waals surface area contributed by atoms with Gasteiger partial charge in [-0.3, -0.25) is 9.69 Å². The van der Waals surface area contributed by atoms with Crippen molar-refractivity contribution in [2.75, 3.05) is 20.2 Å². The molecule has 21 heavy (non-hydrogen) atoms. The van der Waals surface area contributed by atoms with Crippen LogP contribution in [0.3, 0.4) is 0 Å². The lowest BCUT2D eigenvalue weighted by Crippen LogP contribution is -2.30. The summed E-state index contributed by atoms with van der Waals surface area (Å²) in [5, 5.41) is 0. The Kier molecular flexibility index (Phi) is 6.90. The van der Waals surface area contributed by atoms with E-state index in [-0.39, 0.29) is 11.7 Å². The van der Waals surface area contributed by atoms with Crippen LogP contribution in [0.15, 0.2) is 18.2 Å². The minimum atomic E-state index is 0.142. The Morgan fingerprint density at radius 3 is 2.48 bits per heavy atom. The van der Waals surface area contributed by atoms with Crippen LogP contribution in [0.2, 0.25) is 0 Å². The van der Waals surface area contributed by atoms with Crippen molar-refractivity contribution in [3.8, 4) is 5.75 Å². The molecule has 0 saturated carbocycles. The second-order valence-electron chi connectivity index (χ2n) is 5.83. The van der Waals surface area contributed by atoms with Gasteiger partial charge in [-0.15, -0.1) is 0 Å². The maximum Gasteiger partial charge on any atom is 0.132 e. The lowest BCUT2D eigenvalue weighted by Gasteiger charge is -2.30. The minimum Gasteiger partial charge on any atom is -0.497 e. The summed E-state index contributed by atoms with van der Waals surface area (Å²) in [5.41, 5.74) is 2.58. The van der Waals surface area contributed by atoms with E-state index < -0.39 is 0 Å². The molecule has 3 heteroatoms. The summed E-state index contributed by atoms with van der Waals surface area (Å²) in [6, 6.07) is 6.60. The molecule has 0 saturated heterocycles. The highest BCUT2D eigenvalue weighted by Crippen LogP contribution is 2.27. The van der Waals surface area contributed by atoms with E-state index in [9.17, 15) is 4.79 Å². The summed E-state index contributed by atoms with van der Waals surface area (Å²) >= 11 is 0. The first-order chi connectivity index (χ1) is 9.90. The number of Topliss-reactive ketones (excluding diaryl/α,β-unsaturated/α-hetero) is 1. The zero-order valence-electron chi connectivity index (χ0n) is 14.3. The number of aryl methyl sites for hydroxylation is 1. The summed E-state index contributed by atoms with van der Waals surface area (Å²) < 4.78 is 5.27. The SMILES string of the molecule is CCN(CCC(C)C(C)=O)C(C)c1ccc(OC)cc1C. The Morgan fingerprint density at radius 1 is 1.33 bits per heavy atom. The van der Waals surface area contributed by atoms with E-state index in [1.807, 2.05) is 13.0 Å². The molecule has 0 aliphatic rings. The molecule has 1 aromatic rings. The van der Waals surface area contributed by atoms with Gasteiger partial charge in [0.1, 0.15) is 11.5 Å². The third-order valence-corrected chi connectivity index (χ3v) is 4.42. The molecule has 3 nitrogen and oxygen atoms in total. The molecule has 0 aromatic heterocycles. The maximum absolute atomic E-state index is 11.4. The van der Waals surface area contributed by atoms with Crippen LogP contribution in [0.4, 0.5) is 0 Å². The van der Waals surface area contributed by atoms with Gasteiger partial charge in [-0.25, -0.2) is 0 Å². The molecular weight excluding hydrogens is 262 g/mol. The summed E-state index contributed by atoms with van der Waals surface area (Å²) in [5.74, 6) is 1.32. The van der Waals surface area contributed by atoms with E-state index in [1.54, 1.807) is 14.0 Å². The molecule has 0 N–H and O–H groups in total. The Balaban J connectivity index is 2.78. The molecular formula is C18H29NO2. The number of rotatable bonds is 8. The molecule has 2 atom stereocenters. The van der Waals surface area contributed by atoms with Gasteiger partial charge in [0.2, 0.25) is 0 Å². The second-order valence-corrected chi connectivity index (χ2v) is 5.83. The average molecular weight is 291 g/mol. The Bertz CT molecular complexity index is 470. The number of hydrogen-bond donors (Lipinski definition) is 0. The van der Waals surface area contributed by atoms with Crippen molar-refractivity contribution in [1.82, 2.24) is 4.90 Å². The molecule has 0 radical (unpaired) electrons. The van der Waals surface area contributed by atoms with Crippen molar-refractivity contribution in [3.05, 3.63) is 29.3 Å². The maximum atomic E-state index is 11.4. The van der Waals surface area contributed by atoms with Gasteiger partial charge >= 0.3 is 0 Å². The molecule has 0 amide bonds. The molecule has 0 aliphatic heterocycles.